The Balaban J connectivity index is 1.50. The summed E-state index contributed by atoms with van der Waals surface area (Å²) in [6.45, 7) is 5.00. The van der Waals surface area contributed by atoms with Crippen molar-refractivity contribution in [3.63, 3.8) is 0 Å². The lowest BCUT2D eigenvalue weighted by molar-refractivity contribution is -0.274. The van der Waals surface area contributed by atoms with Gasteiger partial charge in [0, 0.05) is 13.1 Å². The lowest BCUT2D eigenvalue weighted by atomic mass is 9.94. The second-order valence-corrected chi connectivity index (χ2v) is 13.0. The number of fused-ring (bicyclic) bond motifs is 2. The minimum Gasteiger partial charge on any atom is -0.453 e. The third-order valence-corrected chi connectivity index (χ3v) is 8.36. The van der Waals surface area contributed by atoms with Gasteiger partial charge in [-0.3, -0.25) is 0 Å². The Bertz CT molecular complexity index is 1550. The molecule has 2 aliphatic heterocycles. The van der Waals surface area contributed by atoms with Gasteiger partial charge in [-0.15, -0.1) is 13.2 Å². The number of alkyl halides is 3. The van der Waals surface area contributed by atoms with E-state index in [1.54, 1.807) is 45.0 Å². The molecule has 14 heteroatoms. The lowest BCUT2D eigenvalue weighted by Gasteiger charge is -2.48. The molecule has 1 fully saturated rings. The molecule has 2 aliphatic rings. The van der Waals surface area contributed by atoms with E-state index in [2.05, 4.69) is 9.46 Å². The molecule has 0 bridgehead atoms. The number of anilines is 2. The summed E-state index contributed by atoms with van der Waals surface area (Å²) in [4.78, 5) is 16.4. The van der Waals surface area contributed by atoms with E-state index in [9.17, 15) is 27.3 Å². The fourth-order valence-corrected chi connectivity index (χ4v) is 6.34. The average molecular weight is 621 g/mol. The van der Waals surface area contributed by atoms with Gasteiger partial charge in [0.15, 0.2) is 11.5 Å². The van der Waals surface area contributed by atoms with E-state index in [1.807, 2.05) is 29.2 Å². The highest BCUT2D eigenvalue weighted by Gasteiger charge is 2.45. The molecule has 5 rings (SSSR count). The van der Waals surface area contributed by atoms with E-state index in [0.717, 1.165) is 24.3 Å². The van der Waals surface area contributed by atoms with E-state index in [4.69, 9.17) is 14.3 Å². The van der Waals surface area contributed by atoms with Crippen LogP contribution in [0.15, 0.2) is 77.7 Å². The second-order valence-electron chi connectivity index (χ2n) is 11.2. The van der Waals surface area contributed by atoms with Crippen molar-refractivity contribution >= 4 is 27.4 Å². The Morgan fingerprint density at radius 2 is 1.53 bits per heavy atom. The first-order valence-corrected chi connectivity index (χ1v) is 14.9. The van der Waals surface area contributed by atoms with E-state index in [1.165, 1.54) is 4.90 Å². The van der Waals surface area contributed by atoms with Crippen LogP contribution in [0.2, 0.25) is 0 Å². The third-order valence-electron chi connectivity index (χ3n) is 6.79. The number of carbonyl (C=O) groups excluding carboxylic acids is 1. The first-order chi connectivity index (χ1) is 20.1. The second kappa shape index (κ2) is 11.2. The zero-order chi connectivity index (χ0) is 31.2. The standard InChI is InChI=1S/C29H31F3N4O6S/c1-28(2,3)42-27(38)35-16-20(34-43(33,39)19-14-12-18(13-15-19)41-29(30,31)32)26(37)23(17-35)36-21-8-4-6-10-24(21)40-25-11-7-5-9-22(25)36/h4-15,20,23,26,37H,16-17H2,1-3H3,(H2,33,34,39). The van der Waals surface area contributed by atoms with Gasteiger partial charge >= 0.3 is 12.5 Å². The summed E-state index contributed by atoms with van der Waals surface area (Å²) in [5.74, 6) is 0.514. The average Bonchev–Trinajstić information content (AvgIpc) is 2.91. The number of piperidine rings is 1. The number of para-hydroxylation sites is 4. The number of nitrogens with zero attached hydrogens (tertiary/aromatic N) is 2. The molecule has 0 spiro atoms. The number of aliphatic hydroxyl groups is 1. The smallest absolute Gasteiger partial charge is 0.453 e. The molecule has 3 N–H and O–H groups in total. The number of likely N-dealkylation sites (tertiary alicyclic amines) is 1. The first-order valence-electron chi connectivity index (χ1n) is 13.3. The quantitative estimate of drug-likeness (QED) is 0.330. The molecular formula is C29H31F3N4O6S. The van der Waals surface area contributed by atoms with Crippen LogP contribution in [0.5, 0.6) is 17.2 Å². The molecule has 2 heterocycles. The molecule has 4 atom stereocenters. The van der Waals surface area contributed by atoms with Crippen molar-refractivity contribution in [2.75, 3.05) is 18.0 Å². The van der Waals surface area contributed by atoms with Crippen LogP contribution in [-0.2, 0) is 14.7 Å². The van der Waals surface area contributed by atoms with E-state index in [0.29, 0.717) is 22.9 Å². The van der Waals surface area contributed by atoms with Gasteiger partial charge in [-0.25, -0.2) is 18.5 Å². The number of benzene rings is 3. The van der Waals surface area contributed by atoms with Gasteiger partial charge in [-0.1, -0.05) is 24.3 Å². The number of hydrogen-bond acceptors (Lipinski definition) is 8. The number of rotatable bonds is 5. The highest BCUT2D eigenvalue weighted by Crippen LogP contribution is 2.48. The molecule has 1 amide bonds. The summed E-state index contributed by atoms with van der Waals surface area (Å²) in [5.41, 5.74) is 0.427. The largest absolute Gasteiger partial charge is 0.573 e. The highest BCUT2D eigenvalue weighted by atomic mass is 32.2. The van der Waals surface area contributed by atoms with Crippen molar-refractivity contribution in [2.24, 2.45) is 0 Å². The zero-order valence-electron chi connectivity index (χ0n) is 23.5. The van der Waals surface area contributed by atoms with Crippen LogP contribution in [0.25, 0.3) is 0 Å². The van der Waals surface area contributed by atoms with Crippen molar-refractivity contribution < 1.29 is 41.5 Å². The molecule has 43 heavy (non-hydrogen) atoms. The van der Waals surface area contributed by atoms with Crippen LogP contribution in [0.1, 0.15) is 20.8 Å². The monoisotopic (exact) mass is 620 g/mol. The number of aliphatic hydroxyl groups excluding tert-OH is 1. The summed E-state index contributed by atoms with van der Waals surface area (Å²) in [6, 6.07) is 16.5. The van der Waals surface area contributed by atoms with E-state index >= 15 is 0 Å². The van der Waals surface area contributed by atoms with Gasteiger partial charge < -0.3 is 29.1 Å². The number of amides is 1. The predicted molar refractivity (Wildman–Crippen MR) is 152 cm³/mol. The Kier molecular flexibility index (Phi) is 7.96. The van der Waals surface area contributed by atoms with Crippen molar-refractivity contribution in [3.05, 3.63) is 72.8 Å². The Hall–Kier alpha value is -4.01. The maximum absolute atomic E-state index is 13.6. The minimum atomic E-state index is -4.91. The summed E-state index contributed by atoms with van der Waals surface area (Å²) in [7, 11) is -3.88. The molecule has 0 radical (unpaired) electrons. The number of hydrogen-bond donors (Lipinski definition) is 3. The fraction of sp³-hybridized carbons (Fsp3) is 0.345. The van der Waals surface area contributed by atoms with Gasteiger partial charge in [-0.2, -0.15) is 0 Å². The van der Waals surface area contributed by atoms with Crippen LogP contribution in [0, 0.1) is 4.78 Å². The van der Waals surface area contributed by atoms with Gasteiger partial charge in [0.05, 0.1) is 34.5 Å². The van der Waals surface area contributed by atoms with E-state index < -0.39 is 51.9 Å². The van der Waals surface area contributed by atoms with Crippen LogP contribution < -0.4 is 19.1 Å². The van der Waals surface area contributed by atoms with Crippen molar-refractivity contribution in [1.82, 2.24) is 9.62 Å². The lowest BCUT2D eigenvalue weighted by Crippen LogP contribution is -2.66. The zero-order valence-corrected chi connectivity index (χ0v) is 24.3. The van der Waals surface area contributed by atoms with Crippen LogP contribution in [0.3, 0.4) is 0 Å². The van der Waals surface area contributed by atoms with E-state index in [-0.39, 0.29) is 18.0 Å². The van der Waals surface area contributed by atoms with Crippen LogP contribution >= 0.6 is 0 Å². The van der Waals surface area contributed by atoms with Crippen LogP contribution in [-0.4, -0.2) is 63.5 Å². The minimum absolute atomic E-state index is 0.0135. The Morgan fingerprint density at radius 3 is 2.07 bits per heavy atom. The normalized spacial score (nSPS) is 21.6. The number of ether oxygens (including phenoxy) is 3. The molecule has 4 unspecified atom stereocenters. The summed E-state index contributed by atoms with van der Waals surface area (Å²) in [6.07, 6.45) is -6.86. The van der Waals surface area contributed by atoms with Gasteiger partial charge in [0.1, 0.15) is 21.3 Å². The number of halogens is 3. The van der Waals surface area contributed by atoms with Crippen molar-refractivity contribution in [3.8, 4) is 17.2 Å². The molecule has 1 saturated heterocycles. The SMILES string of the molecule is CC(C)(C)OC(=O)N1CC(NS(=N)(=O)c2ccc(OC(F)(F)F)cc2)C(O)C(N2c3ccccc3Oc3ccccc32)C1. The first kappa shape index (κ1) is 30.4. The molecular weight excluding hydrogens is 589 g/mol. The van der Waals surface area contributed by atoms with Crippen LogP contribution in [0.4, 0.5) is 29.3 Å². The summed E-state index contributed by atoms with van der Waals surface area (Å²) in [5, 5.41) is 11.8. The maximum Gasteiger partial charge on any atom is 0.573 e. The van der Waals surface area contributed by atoms with Gasteiger partial charge in [0.25, 0.3) is 0 Å². The predicted octanol–water partition coefficient (Wildman–Crippen LogP) is 5.79. The molecule has 0 aromatic heterocycles. The highest BCUT2D eigenvalue weighted by molar-refractivity contribution is 7.90. The number of nitrogens with one attached hydrogen (secondary N) is 2. The van der Waals surface area contributed by atoms with Gasteiger partial charge in [0.2, 0.25) is 0 Å². The Morgan fingerprint density at radius 1 is 0.977 bits per heavy atom. The topological polar surface area (TPSA) is 124 Å². The summed E-state index contributed by atoms with van der Waals surface area (Å²) >= 11 is 0. The molecule has 230 valence electrons. The molecule has 10 nitrogen and oxygen atoms in total. The number of carbonyl (C=O) groups is 1. The summed E-state index contributed by atoms with van der Waals surface area (Å²) < 4.78 is 78.2. The maximum atomic E-state index is 13.6. The fourth-order valence-electron chi connectivity index (χ4n) is 5.04. The molecule has 3 aromatic rings. The molecule has 0 saturated carbocycles. The van der Waals surface area contributed by atoms with Gasteiger partial charge in [-0.05, 0) is 69.3 Å². The third kappa shape index (κ3) is 6.81. The Labute approximate surface area is 247 Å². The van der Waals surface area contributed by atoms with Crippen molar-refractivity contribution in [2.45, 2.75) is 55.8 Å². The molecule has 0 aliphatic carbocycles. The van der Waals surface area contributed by atoms with Crippen molar-refractivity contribution in [1.29, 1.82) is 4.78 Å². The molecule has 3 aromatic carbocycles.